The number of phosphoric acid groups is 1. The summed E-state index contributed by atoms with van der Waals surface area (Å²) in [6, 6.07) is 32.0. The number of sulfonamides is 1. The number of sulfone groups is 1. The Morgan fingerprint density at radius 1 is 0.842 bits per heavy atom. The van der Waals surface area contributed by atoms with Crippen LogP contribution in [0.1, 0.15) is 89.8 Å². The molecule has 0 unspecified atom stereocenters. The van der Waals surface area contributed by atoms with Gasteiger partial charge in [0.25, 0.3) is 25.8 Å². The van der Waals surface area contributed by atoms with E-state index in [1.807, 2.05) is 83.3 Å². The van der Waals surface area contributed by atoms with Gasteiger partial charge in [-0.2, -0.15) is 13.2 Å². The third-order valence-corrected chi connectivity index (χ3v) is 18.5. The molecular weight excluding hydrogens is 1080 g/mol. The first-order chi connectivity index (χ1) is 35.6. The summed E-state index contributed by atoms with van der Waals surface area (Å²) < 4.78 is 130. The van der Waals surface area contributed by atoms with E-state index in [-0.39, 0.29) is 36.8 Å². The Kier molecular flexibility index (Phi) is 20.4. The number of nitrogens with one attached hydrogen (secondary N) is 2. The number of hydrogen-bond acceptors (Lipinski definition) is 14. The molecule has 22 heteroatoms. The zero-order valence-corrected chi connectivity index (χ0v) is 47.6. The van der Waals surface area contributed by atoms with Gasteiger partial charge in [0.2, 0.25) is 0 Å². The normalized spacial score (nSPS) is 15.1. The Labute approximate surface area is 454 Å². The van der Waals surface area contributed by atoms with Crippen LogP contribution in [0.25, 0.3) is 11.1 Å². The molecule has 1 aliphatic heterocycles. The monoisotopic (exact) mass is 1150 g/mol. The minimum atomic E-state index is -6.17. The number of benzene rings is 5. The van der Waals surface area contributed by atoms with Crippen LogP contribution in [-0.2, 0) is 38.0 Å². The van der Waals surface area contributed by atoms with Crippen molar-refractivity contribution in [2.24, 2.45) is 5.92 Å². The molecule has 2 atom stereocenters. The van der Waals surface area contributed by atoms with Gasteiger partial charge in [-0.05, 0) is 157 Å². The predicted octanol–water partition coefficient (Wildman–Crippen LogP) is 12.4. The molecule has 14 nitrogen and oxygen atoms in total. The van der Waals surface area contributed by atoms with Gasteiger partial charge in [-0.25, -0.2) is 26.1 Å². The van der Waals surface area contributed by atoms with E-state index in [9.17, 15) is 44.5 Å². The fraction of sp³-hybridized carbons (Fsp3) is 0.426. The largest absolute Gasteiger partial charge is 0.501 e. The van der Waals surface area contributed by atoms with Crippen molar-refractivity contribution < 1.29 is 58.0 Å². The number of hydrogen-bond donors (Lipinski definition) is 3. The molecule has 0 aromatic heterocycles. The summed E-state index contributed by atoms with van der Waals surface area (Å²) in [6.45, 7) is 14.4. The fourth-order valence-electron chi connectivity index (χ4n) is 8.50. The highest BCUT2D eigenvalue weighted by Gasteiger charge is 2.48. The Hall–Kier alpha value is -4.47. The maximum absolute atomic E-state index is 14.4. The van der Waals surface area contributed by atoms with E-state index in [1.54, 1.807) is 65.8 Å². The summed E-state index contributed by atoms with van der Waals surface area (Å²) in [5.74, 6) is -0.886. The van der Waals surface area contributed by atoms with E-state index in [2.05, 4.69) is 10.2 Å². The Morgan fingerprint density at radius 3 is 2.04 bits per heavy atom. The number of likely N-dealkylation sites (N-methyl/N-ethyl adjacent to an activating group) is 1. The molecule has 0 aliphatic carbocycles. The number of aliphatic hydroxyl groups excluding tert-OH is 1. The lowest BCUT2D eigenvalue weighted by Gasteiger charge is -2.36. The number of nitrogens with zero attached hydrogens (tertiary/aromatic N) is 2. The number of thioether (sulfide) groups is 1. The average molecular weight is 1150 g/mol. The van der Waals surface area contributed by atoms with Crippen molar-refractivity contribution in [3.63, 3.8) is 0 Å². The van der Waals surface area contributed by atoms with Crippen molar-refractivity contribution in [2.45, 2.75) is 111 Å². The maximum atomic E-state index is 14.4. The Balaban J connectivity index is 1.14. The lowest BCUT2D eigenvalue weighted by atomic mass is 9.84. The number of anilines is 2. The van der Waals surface area contributed by atoms with Gasteiger partial charge in [0.05, 0.1) is 34.5 Å². The number of amides is 1. The van der Waals surface area contributed by atoms with Gasteiger partial charge < -0.3 is 20.2 Å². The smallest absolute Gasteiger partial charge is 0.388 e. The molecule has 6 rings (SSSR count). The molecule has 1 saturated heterocycles. The van der Waals surface area contributed by atoms with Crippen molar-refractivity contribution in [3.8, 4) is 11.1 Å². The van der Waals surface area contributed by atoms with E-state index in [0.717, 1.165) is 39.4 Å². The number of carbonyl (C=O) groups excluding carboxylic acids is 1. The van der Waals surface area contributed by atoms with Crippen molar-refractivity contribution >= 4 is 68.3 Å². The molecule has 3 N–H and O–H groups in total. The van der Waals surface area contributed by atoms with Gasteiger partial charge in [0, 0.05) is 59.1 Å². The first kappa shape index (κ1) is 60.8. The number of carbonyl (C=O) groups is 1. The van der Waals surface area contributed by atoms with Crippen LogP contribution in [0.15, 0.2) is 136 Å². The van der Waals surface area contributed by atoms with Crippen molar-refractivity contribution in [3.05, 3.63) is 137 Å². The zero-order chi connectivity index (χ0) is 55.7. The molecule has 0 radical (unpaired) electrons. The fourth-order valence-corrected chi connectivity index (χ4v) is 13.4. The number of rotatable bonds is 23. The van der Waals surface area contributed by atoms with E-state index < -0.39 is 77.9 Å². The molecule has 0 saturated carbocycles. The first-order valence-corrected chi connectivity index (χ1v) is 30.6. The topological polar surface area (TPSA) is 181 Å². The minimum absolute atomic E-state index is 0.0381. The van der Waals surface area contributed by atoms with Crippen LogP contribution in [0.3, 0.4) is 0 Å². The second-order valence-corrected chi connectivity index (χ2v) is 27.0. The predicted molar refractivity (Wildman–Crippen MR) is 294 cm³/mol. The van der Waals surface area contributed by atoms with Gasteiger partial charge in [0.15, 0.2) is 0 Å². The quantitative estimate of drug-likeness (QED) is 0.0415. The Morgan fingerprint density at radius 2 is 1.45 bits per heavy atom. The lowest BCUT2D eigenvalue weighted by Crippen LogP contribution is -2.36. The summed E-state index contributed by atoms with van der Waals surface area (Å²) in [7, 11) is -15.1. The summed E-state index contributed by atoms with van der Waals surface area (Å²) in [5, 5.41) is 15.1. The van der Waals surface area contributed by atoms with Gasteiger partial charge >= 0.3 is 13.3 Å². The average Bonchev–Trinajstić information content (AvgIpc) is 3.36. The molecule has 0 spiro atoms. The van der Waals surface area contributed by atoms with Crippen molar-refractivity contribution in [1.82, 2.24) is 9.62 Å². The van der Waals surface area contributed by atoms with Gasteiger partial charge in [-0.15, -0.1) is 11.8 Å². The molecule has 5 aromatic rings. The van der Waals surface area contributed by atoms with Crippen LogP contribution in [0.4, 0.5) is 24.5 Å². The molecule has 1 amide bonds. The number of aliphatic hydroxyl groups is 1. The summed E-state index contributed by atoms with van der Waals surface area (Å²) in [4.78, 5) is 16.1. The minimum Gasteiger partial charge on any atom is -0.388 e. The van der Waals surface area contributed by atoms with Crippen LogP contribution >= 0.6 is 31.2 Å². The van der Waals surface area contributed by atoms with Crippen LogP contribution in [-0.4, -0.2) is 101 Å². The number of piperidine rings is 1. The van der Waals surface area contributed by atoms with Crippen molar-refractivity contribution in [1.29, 1.82) is 0 Å². The highest BCUT2D eigenvalue weighted by atomic mass is 35.5. The summed E-state index contributed by atoms with van der Waals surface area (Å²) in [5.41, 5.74) is -4.69. The molecular formula is C54H67ClF3N4O10PS3. The second kappa shape index (κ2) is 25.5. The van der Waals surface area contributed by atoms with Gasteiger partial charge in [0.1, 0.15) is 4.90 Å². The molecule has 76 heavy (non-hydrogen) atoms. The van der Waals surface area contributed by atoms with Gasteiger partial charge in [-0.3, -0.25) is 18.4 Å². The summed E-state index contributed by atoms with van der Waals surface area (Å²) >= 11 is 7.49. The SMILES string of the molecule is CCN(CCOP(=O)(OC(C)(C)C)OC(C)(C)C)CC[C@H](CSc1ccccc1)Nc1ccc(S(=O)(=O)NC(=O)c2ccc(N3CCC([C@@H](O)c4ccccc4-c4ccc(Cl)cc4)CC3)cc2)cc1S(=O)(=O)C(F)(F)F. The molecule has 5 aromatic carbocycles. The Bertz CT molecular complexity index is 2990. The molecule has 1 aliphatic rings. The lowest BCUT2D eigenvalue weighted by molar-refractivity contribution is -0.0436. The van der Waals surface area contributed by atoms with Crippen LogP contribution in [0.2, 0.25) is 5.02 Å². The van der Waals surface area contributed by atoms with E-state index >= 15 is 0 Å². The zero-order valence-electron chi connectivity index (χ0n) is 43.5. The van der Waals surface area contributed by atoms with E-state index in [1.165, 1.54) is 23.9 Å². The third kappa shape index (κ3) is 17.0. The standard InChI is InChI=1S/C54H67ClF3N4O10PS3/c1-8-61(34-35-70-73(65,71-52(2,3)4)72-53(5,6)7)31-30-42(37-74-44-14-10-9-11-15-44)59-48-27-26-45(36-49(48)75(66,67)54(56,57)58)76(68,69)60-51(64)40-20-24-43(25-21-40)62-32-28-39(29-33-62)50(63)47-17-13-12-16-46(47)38-18-22-41(55)23-19-38/h9-27,36,39,42,50,59,63H,8,28-35,37H2,1-7H3,(H,60,64)/t42-,50-/m1/s1. The molecule has 414 valence electrons. The first-order valence-electron chi connectivity index (χ1n) is 24.8. The summed E-state index contributed by atoms with van der Waals surface area (Å²) in [6.07, 6.45) is 0.851. The van der Waals surface area contributed by atoms with E-state index in [4.69, 9.17) is 25.2 Å². The molecule has 1 fully saturated rings. The van der Waals surface area contributed by atoms with Crippen LogP contribution in [0.5, 0.6) is 0 Å². The maximum Gasteiger partial charge on any atom is 0.501 e. The third-order valence-electron chi connectivity index (χ3n) is 12.2. The highest BCUT2D eigenvalue weighted by Crippen LogP contribution is 2.55. The van der Waals surface area contributed by atoms with Crippen LogP contribution < -0.4 is 14.9 Å². The van der Waals surface area contributed by atoms with Gasteiger partial charge in [-0.1, -0.05) is 73.1 Å². The number of alkyl halides is 3. The molecule has 1 heterocycles. The highest BCUT2D eigenvalue weighted by molar-refractivity contribution is 7.99. The number of phosphoric ester groups is 1. The van der Waals surface area contributed by atoms with Crippen molar-refractivity contribution in [2.75, 3.05) is 55.3 Å². The van der Waals surface area contributed by atoms with E-state index in [0.29, 0.717) is 50.1 Å². The number of halogens is 4. The van der Waals surface area contributed by atoms with Crippen LogP contribution in [0, 0.1) is 5.92 Å². The molecule has 0 bridgehead atoms. The second-order valence-electron chi connectivity index (χ2n) is 20.3.